The molecule has 0 saturated carbocycles. The molecule has 1 unspecified atom stereocenters. The van der Waals surface area contributed by atoms with E-state index in [1.807, 2.05) is 13.8 Å². The van der Waals surface area contributed by atoms with E-state index in [0.717, 1.165) is 12.8 Å². The lowest BCUT2D eigenvalue weighted by Gasteiger charge is -2.18. The van der Waals surface area contributed by atoms with Gasteiger partial charge in [-0.05, 0) is 82.5 Å². The number of carbonyl (C=O) groups is 5. The van der Waals surface area contributed by atoms with Gasteiger partial charge >= 0.3 is 11.9 Å². The maximum Gasteiger partial charge on any atom is 0.338 e. The molecule has 0 aliphatic rings. The van der Waals surface area contributed by atoms with E-state index < -0.39 is 18.0 Å². The first-order valence-corrected chi connectivity index (χ1v) is 14.1. The fourth-order valence-corrected chi connectivity index (χ4v) is 3.95. The van der Waals surface area contributed by atoms with Gasteiger partial charge in [-0.15, -0.1) is 0 Å². The van der Waals surface area contributed by atoms with Crippen molar-refractivity contribution in [1.29, 1.82) is 0 Å². The molecule has 10 nitrogen and oxygen atoms in total. The molecule has 230 valence electrons. The van der Waals surface area contributed by atoms with Gasteiger partial charge in [0.25, 0.3) is 11.8 Å². The van der Waals surface area contributed by atoms with Crippen LogP contribution in [0.25, 0.3) is 0 Å². The number of benzene rings is 2. The molecular formula is C32H44N2O8. The molecule has 0 aliphatic heterocycles. The molecule has 2 aromatic carbocycles. The molecule has 1 atom stereocenters. The lowest BCUT2D eigenvalue weighted by Crippen LogP contribution is -2.27. The predicted molar refractivity (Wildman–Crippen MR) is 160 cm³/mol. The van der Waals surface area contributed by atoms with Gasteiger partial charge in [-0.25, -0.2) is 9.59 Å². The summed E-state index contributed by atoms with van der Waals surface area (Å²) in [6, 6.07) is 9.12. The summed E-state index contributed by atoms with van der Waals surface area (Å²) >= 11 is 0. The summed E-state index contributed by atoms with van der Waals surface area (Å²) in [5.74, 6) is -1.62. The van der Waals surface area contributed by atoms with E-state index >= 15 is 0 Å². The van der Waals surface area contributed by atoms with E-state index in [0.29, 0.717) is 35.3 Å². The molecule has 0 heterocycles. The van der Waals surface area contributed by atoms with Crippen LogP contribution in [0, 0.1) is 0 Å². The van der Waals surface area contributed by atoms with Crippen molar-refractivity contribution in [3.05, 3.63) is 69.8 Å². The van der Waals surface area contributed by atoms with Crippen molar-refractivity contribution < 1.29 is 38.6 Å². The number of aliphatic hydroxyl groups excluding tert-OH is 1. The summed E-state index contributed by atoms with van der Waals surface area (Å²) in [4.78, 5) is 63.1. The highest BCUT2D eigenvalue weighted by Gasteiger charge is 2.19. The molecule has 0 radical (unpaired) electrons. The fourth-order valence-electron chi connectivity index (χ4n) is 3.95. The van der Waals surface area contributed by atoms with Crippen LogP contribution in [0.3, 0.4) is 0 Å². The molecule has 0 aliphatic carbocycles. The Morgan fingerprint density at radius 3 is 1.40 bits per heavy atom. The zero-order chi connectivity index (χ0) is 32.0. The number of ether oxygens (including phenoxy) is 2. The first kappa shape index (κ1) is 36.0. The van der Waals surface area contributed by atoms with Gasteiger partial charge in [0.05, 0.1) is 30.4 Å². The predicted octanol–water partition coefficient (Wildman–Crippen LogP) is 4.95. The van der Waals surface area contributed by atoms with Crippen molar-refractivity contribution in [1.82, 2.24) is 9.80 Å². The van der Waals surface area contributed by atoms with Crippen LogP contribution in [0.15, 0.2) is 36.4 Å². The molecule has 10 heteroatoms. The van der Waals surface area contributed by atoms with Gasteiger partial charge in [-0.3, -0.25) is 14.4 Å². The number of amides is 2. The minimum absolute atomic E-state index is 0.176. The topological polar surface area (TPSA) is 131 Å². The second kappa shape index (κ2) is 17.7. The lowest BCUT2D eigenvalue weighted by molar-refractivity contribution is 0.0516. The van der Waals surface area contributed by atoms with Crippen molar-refractivity contribution in [2.24, 2.45) is 0 Å². The summed E-state index contributed by atoms with van der Waals surface area (Å²) in [6.45, 7) is 12.1. The van der Waals surface area contributed by atoms with Crippen LogP contribution in [0.4, 0.5) is 0 Å². The zero-order valence-corrected chi connectivity index (χ0v) is 26.0. The minimum atomic E-state index is -0.762. The number of hydrogen-bond donors (Lipinski definition) is 1. The van der Waals surface area contributed by atoms with Crippen LogP contribution in [0.1, 0.15) is 118 Å². The molecular weight excluding hydrogens is 540 g/mol. The summed E-state index contributed by atoms with van der Waals surface area (Å²) < 4.78 is 9.89. The Morgan fingerprint density at radius 2 is 1.02 bits per heavy atom. The summed E-state index contributed by atoms with van der Waals surface area (Å²) in [6.07, 6.45) is 0.921. The largest absolute Gasteiger partial charge is 0.462 e. The normalized spacial score (nSPS) is 11.0. The van der Waals surface area contributed by atoms with Crippen LogP contribution in [-0.2, 0) is 9.47 Å². The Bertz CT molecular complexity index is 1260. The second-order valence-electron chi connectivity index (χ2n) is 9.77. The number of nitrogens with zero attached hydrogens (tertiary/aromatic N) is 2. The lowest BCUT2D eigenvalue weighted by atomic mass is 10.0. The average molecular weight is 585 g/mol. The molecule has 0 aromatic heterocycles. The highest BCUT2D eigenvalue weighted by atomic mass is 16.5. The smallest absolute Gasteiger partial charge is 0.338 e. The molecule has 2 aromatic rings. The van der Waals surface area contributed by atoms with Gasteiger partial charge in [0, 0.05) is 43.9 Å². The van der Waals surface area contributed by atoms with Crippen molar-refractivity contribution in [2.45, 2.75) is 60.5 Å². The first-order chi connectivity index (χ1) is 19.8. The van der Waals surface area contributed by atoms with Crippen LogP contribution in [-0.4, -0.2) is 84.8 Å². The Morgan fingerprint density at radius 1 is 0.667 bits per heavy atom. The quantitative estimate of drug-likeness (QED) is 0.274. The number of hydrogen-bond acceptors (Lipinski definition) is 8. The third-order valence-electron chi connectivity index (χ3n) is 6.10. The highest BCUT2D eigenvalue weighted by Crippen LogP contribution is 2.19. The Balaban J connectivity index is 0.000000420. The maximum absolute atomic E-state index is 12.3. The standard InChI is InChI=1S/C16H23NO4.C16H21NO4/c2*1-5-7-17(4)15(19)13-8-12(11(3)18)9-14(10-13)16(20)21-6-2/h8-11,18H,5-7H2,1-4H3;8-10H,5-7H2,1-4H3. The van der Waals surface area contributed by atoms with Gasteiger partial charge in [-0.2, -0.15) is 0 Å². The summed E-state index contributed by atoms with van der Waals surface area (Å²) in [7, 11) is 3.40. The first-order valence-electron chi connectivity index (χ1n) is 14.1. The van der Waals surface area contributed by atoms with E-state index in [-0.39, 0.29) is 41.9 Å². The molecule has 42 heavy (non-hydrogen) atoms. The number of ketones is 1. The average Bonchev–Trinajstić information content (AvgIpc) is 2.96. The Hall–Kier alpha value is -4.05. The Kier molecular flexibility index (Phi) is 15.2. The van der Waals surface area contributed by atoms with E-state index in [1.54, 1.807) is 56.8 Å². The van der Waals surface area contributed by atoms with Gasteiger partial charge < -0.3 is 24.4 Å². The number of carbonyl (C=O) groups excluding carboxylic acids is 5. The monoisotopic (exact) mass is 584 g/mol. The van der Waals surface area contributed by atoms with E-state index in [2.05, 4.69) is 0 Å². The van der Waals surface area contributed by atoms with Crippen molar-refractivity contribution in [2.75, 3.05) is 40.4 Å². The molecule has 0 spiro atoms. The maximum atomic E-state index is 12.3. The van der Waals surface area contributed by atoms with Crippen LogP contribution >= 0.6 is 0 Å². The zero-order valence-electron chi connectivity index (χ0n) is 26.0. The number of aliphatic hydroxyl groups is 1. The van der Waals surface area contributed by atoms with E-state index in [4.69, 9.17) is 9.47 Å². The summed E-state index contributed by atoms with van der Waals surface area (Å²) in [5.41, 5.74) is 2.05. The van der Waals surface area contributed by atoms with Crippen molar-refractivity contribution in [3.8, 4) is 0 Å². The molecule has 2 amide bonds. The SMILES string of the molecule is CCCN(C)C(=O)c1cc(C(=O)OCC)cc(C(C)O)c1.CCCN(C)C(=O)c1cc(C(C)=O)cc(C(=O)OCC)c1. The molecule has 0 bridgehead atoms. The van der Waals surface area contributed by atoms with Crippen LogP contribution in [0.2, 0.25) is 0 Å². The highest BCUT2D eigenvalue weighted by molar-refractivity contribution is 6.03. The molecule has 0 saturated heterocycles. The fraction of sp³-hybridized carbons (Fsp3) is 0.469. The van der Waals surface area contributed by atoms with E-state index in [9.17, 15) is 29.1 Å². The minimum Gasteiger partial charge on any atom is -0.462 e. The van der Waals surface area contributed by atoms with Gasteiger partial charge in [-0.1, -0.05) is 13.8 Å². The van der Waals surface area contributed by atoms with Crippen molar-refractivity contribution in [3.63, 3.8) is 0 Å². The number of Topliss-reactive ketones (excluding diaryl/α,β-unsaturated/α-hetero) is 1. The van der Waals surface area contributed by atoms with Gasteiger partial charge in [0.15, 0.2) is 5.78 Å². The number of rotatable bonds is 12. The van der Waals surface area contributed by atoms with Crippen LogP contribution in [0.5, 0.6) is 0 Å². The van der Waals surface area contributed by atoms with Crippen molar-refractivity contribution >= 4 is 29.5 Å². The molecule has 1 N–H and O–H groups in total. The second-order valence-corrected chi connectivity index (χ2v) is 9.77. The van der Waals surface area contributed by atoms with E-state index in [1.165, 1.54) is 31.2 Å². The third-order valence-corrected chi connectivity index (χ3v) is 6.10. The van der Waals surface area contributed by atoms with Gasteiger partial charge in [0.2, 0.25) is 0 Å². The Labute approximate surface area is 248 Å². The molecule has 2 rings (SSSR count). The van der Waals surface area contributed by atoms with Gasteiger partial charge in [0.1, 0.15) is 0 Å². The summed E-state index contributed by atoms with van der Waals surface area (Å²) in [5, 5.41) is 9.73. The molecule has 0 fully saturated rings. The number of esters is 2. The van der Waals surface area contributed by atoms with Crippen LogP contribution < -0.4 is 0 Å². The third kappa shape index (κ3) is 10.7.